The smallest absolute Gasteiger partial charge is 0.0652 e. The zero-order valence-electron chi connectivity index (χ0n) is 10.2. The highest BCUT2D eigenvalue weighted by Crippen LogP contribution is 2.42. The van der Waals surface area contributed by atoms with Gasteiger partial charge in [0.1, 0.15) is 0 Å². The molecule has 0 bridgehead atoms. The summed E-state index contributed by atoms with van der Waals surface area (Å²) in [6.07, 6.45) is 4.35. The third-order valence-electron chi connectivity index (χ3n) is 3.99. The molecule has 0 aliphatic heterocycles. The summed E-state index contributed by atoms with van der Waals surface area (Å²) in [6.45, 7) is 6.77. The Morgan fingerprint density at radius 3 is 2.40 bits per heavy atom. The van der Waals surface area contributed by atoms with Crippen molar-refractivity contribution >= 4 is 0 Å². The van der Waals surface area contributed by atoms with E-state index in [1.165, 1.54) is 12.8 Å². The molecule has 0 saturated heterocycles. The normalized spacial score (nSPS) is 33.8. The summed E-state index contributed by atoms with van der Waals surface area (Å²) < 4.78 is 5.43. The SMILES string of the molecule is COC1CC(NCCNC2CC2)C1(C)C. The number of rotatable bonds is 6. The molecule has 0 aromatic heterocycles. The van der Waals surface area contributed by atoms with E-state index < -0.39 is 0 Å². The van der Waals surface area contributed by atoms with Crippen LogP contribution in [0.25, 0.3) is 0 Å². The van der Waals surface area contributed by atoms with Crippen LogP contribution in [0.2, 0.25) is 0 Å². The van der Waals surface area contributed by atoms with E-state index >= 15 is 0 Å². The van der Waals surface area contributed by atoms with E-state index in [0.29, 0.717) is 17.6 Å². The first kappa shape index (κ1) is 11.4. The standard InChI is InChI=1S/C12H24N2O/c1-12(2)10(8-11(12)15-3)14-7-6-13-9-4-5-9/h9-11,13-14H,4-8H2,1-3H3. The molecule has 0 amide bonds. The van der Waals surface area contributed by atoms with Crippen LogP contribution in [-0.4, -0.2) is 38.4 Å². The number of hydrogen-bond acceptors (Lipinski definition) is 3. The Labute approximate surface area is 93.0 Å². The predicted molar refractivity (Wildman–Crippen MR) is 62.0 cm³/mol. The van der Waals surface area contributed by atoms with Crippen LogP contribution in [0.15, 0.2) is 0 Å². The minimum atomic E-state index is 0.300. The molecule has 2 aliphatic rings. The quantitative estimate of drug-likeness (QED) is 0.648. The van der Waals surface area contributed by atoms with Gasteiger partial charge in [0.05, 0.1) is 6.10 Å². The first-order chi connectivity index (χ1) is 7.14. The first-order valence-electron chi connectivity index (χ1n) is 6.14. The third-order valence-corrected chi connectivity index (χ3v) is 3.99. The maximum absolute atomic E-state index is 5.43. The average Bonchev–Trinajstić information content (AvgIpc) is 2.99. The summed E-state index contributed by atoms with van der Waals surface area (Å²) in [5, 5.41) is 7.13. The molecule has 3 nitrogen and oxygen atoms in total. The van der Waals surface area contributed by atoms with E-state index in [-0.39, 0.29) is 0 Å². The lowest BCUT2D eigenvalue weighted by Gasteiger charge is -2.51. The highest BCUT2D eigenvalue weighted by molar-refractivity contribution is 5.02. The van der Waals surface area contributed by atoms with Gasteiger partial charge in [0.2, 0.25) is 0 Å². The maximum atomic E-state index is 5.43. The van der Waals surface area contributed by atoms with Crippen molar-refractivity contribution in [3.63, 3.8) is 0 Å². The Bertz CT molecular complexity index is 214. The van der Waals surface area contributed by atoms with Gasteiger partial charge in [0, 0.05) is 37.7 Å². The fourth-order valence-corrected chi connectivity index (χ4v) is 2.44. The highest BCUT2D eigenvalue weighted by Gasteiger charge is 2.47. The van der Waals surface area contributed by atoms with Gasteiger partial charge in [-0.2, -0.15) is 0 Å². The van der Waals surface area contributed by atoms with Crippen LogP contribution in [0.1, 0.15) is 33.1 Å². The Kier molecular flexibility index (Phi) is 3.33. The Morgan fingerprint density at radius 1 is 1.20 bits per heavy atom. The van der Waals surface area contributed by atoms with Crippen molar-refractivity contribution in [2.75, 3.05) is 20.2 Å². The molecule has 0 aromatic rings. The lowest BCUT2D eigenvalue weighted by molar-refractivity contribution is -0.0971. The summed E-state index contributed by atoms with van der Waals surface area (Å²) in [6, 6.07) is 1.45. The van der Waals surface area contributed by atoms with E-state index in [9.17, 15) is 0 Å². The van der Waals surface area contributed by atoms with Crippen molar-refractivity contribution in [1.82, 2.24) is 10.6 Å². The molecule has 15 heavy (non-hydrogen) atoms. The second-order valence-corrected chi connectivity index (χ2v) is 5.52. The van der Waals surface area contributed by atoms with Crippen LogP contribution in [0.5, 0.6) is 0 Å². The minimum Gasteiger partial charge on any atom is -0.381 e. The molecular weight excluding hydrogens is 188 g/mol. The van der Waals surface area contributed by atoms with E-state index in [1.807, 2.05) is 7.11 Å². The fourth-order valence-electron chi connectivity index (χ4n) is 2.44. The molecular formula is C12H24N2O. The average molecular weight is 212 g/mol. The van der Waals surface area contributed by atoms with Crippen molar-refractivity contribution < 1.29 is 4.74 Å². The topological polar surface area (TPSA) is 33.3 Å². The molecule has 2 atom stereocenters. The molecule has 0 spiro atoms. The molecule has 0 radical (unpaired) electrons. The molecule has 2 fully saturated rings. The Hall–Kier alpha value is -0.120. The lowest BCUT2D eigenvalue weighted by Crippen LogP contribution is -2.61. The zero-order valence-corrected chi connectivity index (χ0v) is 10.2. The largest absolute Gasteiger partial charge is 0.381 e. The first-order valence-corrected chi connectivity index (χ1v) is 6.14. The maximum Gasteiger partial charge on any atom is 0.0652 e. The summed E-state index contributed by atoms with van der Waals surface area (Å²) >= 11 is 0. The van der Waals surface area contributed by atoms with Crippen molar-refractivity contribution in [3.8, 4) is 0 Å². The molecule has 2 aliphatic carbocycles. The number of nitrogens with one attached hydrogen (secondary N) is 2. The Morgan fingerprint density at radius 2 is 1.87 bits per heavy atom. The number of hydrogen-bond donors (Lipinski definition) is 2. The zero-order chi connectivity index (χ0) is 10.9. The fraction of sp³-hybridized carbons (Fsp3) is 1.00. The molecule has 0 heterocycles. The van der Waals surface area contributed by atoms with Gasteiger partial charge in [-0.15, -0.1) is 0 Å². The van der Waals surface area contributed by atoms with Gasteiger partial charge in [0.25, 0.3) is 0 Å². The van der Waals surface area contributed by atoms with Crippen LogP contribution < -0.4 is 10.6 Å². The summed E-state index contributed by atoms with van der Waals surface area (Å²) in [7, 11) is 1.82. The van der Waals surface area contributed by atoms with Gasteiger partial charge in [-0.05, 0) is 19.3 Å². The molecule has 0 aromatic carbocycles. The van der Waals surface area contributed by atoms with Gasteiger partial charge in [-0.25, -0.2) is 0 Å². The predicted octanol–water partition coefficient (Wildman–Crippen LogP) is 1.14. The van der Waals surface area contributed by atoms with E-state index in [0.717, 1.165) is 25.6 Å². The van der Waals surface area contributed by atoms with Crippen molar-refractivity contribution in [2.24, 2.45) is 5.41 Å². The third kappa shape index (κ3) is 2.52. The van der Waals surface area contributed by atoms with Crippen LogP contribution >= 0.6 is 0 Å². The molecule has 2 rings (SSSR count). The van der Waals surface area contributed by atoms with Crippen LogP contribution in [0.4, 0.5) is 0 Å². The van der Waals surface area contributed by atoms with Crippen molar-refractivity contribution in [3.05, 3.63) is 0 Å². The van der Waals surface area contributed by atoms with Gasteiger partial charge in [-0.3, -0.25) is 0 Å². The molecule has 2 unspecified atom stereocenters. The van der Waals surface area contributed by atoms with Gasteiger partial charge < -0.3 is 15.4 Å². The van der Waals surface area contributed by atoms with E-state index in [1.54, 1.807) is 0 Å². The summed E-state index contributed by atoms with van der Waals surface area (Å²) in [5.74, 6) is 0. The number of ether oxygens (including phenoxy) is 1. The van der Waals surface area contributed by atoms with Crippen LogP contribution in [-0.2, 0) is 4.74 Å². The number of methoxy groups -OCH3 is 1. The minimum absolute atomic E-state index is 0.300. The van der Waals surface area contributed by atoms with Gasteiger partial charge in [-0.1, -0.05) is 13.8 Å². The van der Waals surface area contributed by atoms with Crippen molar-refractivity contribution in [2.45, 2.75) is 51.3 Å². The second-order valence-electron chi connectivity index (χ2n) is 5.52. The summed E-state index contributed by atoms with van der Waals surface area (Å²) in [4.78, 5) is 0. The lowest BCUT2D eigenvalue weighted by atomic mass is 9.64. The summed E-state index contributed by atoms with van der Waals surface area (Å²) in [5.41, 5.74) is 0.300. The van der Waals surface area contributed by atoms with Gasteiger partial charge >= 0.3 is 0 Å². The molecule has 2 N–H and O–H groups in total. The van der Waals surface area contributed by atoms with E-state index in [4.69, 9.17) is 4.74 Å². The van der Waals surface area contributed by atoms with Gasteiger partial charge in [0.15, 0.2) is 0 Å². The Balaban J connectivity index is 1.59. The van der Waals surface area contributed by atoms with Crippen LogP contribution in [0.3, 0.4) is 0 Å². The highest BCUT2D eigenvalue weighted by atomic mass is 16.5. The monoisotopic (exact) mass is 212 g/mol. The molecule has 88 valence electrons. The molecule has 2 saturated carbocycles. The van der Waals surface area contributed by atoms with E-state index in [2.05, 4.69) is 24.5 Å². The molecule has 3 heteroatoms. The van der Waals surface area contributed by atoms with Crippen LogP contribution in [0, 0.1) is 5.41 Å². The second kappa shape index (κ2) is 4.40. The van der Waals surface area contributed by atoms with Crippen molar-refractivity contribution in [1.29, 1.82) is 0 Å².